The van der Waals surface area contributed by atoms with Gasteiger partial charge in [0.2, 0.25) is 0 Å². The molecule has 142 valence electrons. The number of allylic oxidation sites excluding steroid dienone is 3. The Morgan fingerprint density at radius 2 is 2.07 bits per heavy atom. The molecule has 0 aliphatic carbocycles. The molecule has 27 heavy (non-hydrogen) atoms. The number of nitrogens with one attached hydrogen (secondary N) is 1. The van der Waals surface area contributed by atoms with Gasteiger partial charge >= 0.3 is 5.97 Å². The number of hydrogen-bond acceptors (Lipinski definition) is 5. The van der Waals surface area contributed by atoms with Crippen LogP contribution >= 0.6 is 0 Å². The van der Waals surface area contributed by atoms with Crippen molar-refractivity contribution in [3.63, 3.8) is 0 Å². The van der Waals surface area contributed by atoms with Crippen molar-refractivity contribution in [3.05, 3.63) is 69.8 Å². The Kier molecular flexibility index (Phi) is 6.71. The van der Waals surface area contributed by atoms with Crippen LogP contribution < -0.4 is 10.9 Å². The van der Waals surface area contributed by atoms with Crippen LogP contribution in [0.1, 0.15) is 31.9 Å². The summed E-state index contributed by atoms with van der Waals surface area (Å²) < 4.78 is 6.64. The van der Waals surface area contributed by atoms with Gasteiger partial charge in [0.05, 0.1) is 0 Å². The van der Waals surface area contributed by atoms with Gasteiger partial charge in [-0.1, -0.05) is 18.2 Å². The monoisotopic (exact) mass is 367 g/mol. The highest BCUT2D eigenvalue weighted by molar-refractivity contribution is 5.78. The first-order valence-electron chi connectivity index (χ1n) is 8.68. The normalized spacial score (nSPS) is 12.0. The van der Waals surface area contributed by atoms with Crippen LogP contribution in [0.4, 0.5) is 11.5 Å². The summed E-state index contributed by atoms with van der Waals surface area (Å²) in [5, 5.41) is 3.09. The van der Waals surface area contributed by atoms with E-state index in [4.69, 9.17) is 4.74 Å². The second kappa shape index (κ2) is 8.98. The molecule has 0 bridgehead atoms. The first-order valence-corrected chi connectivity index (χ1v) is 8.68. The molecule has 2 heterocycles. The Hall–Kier alpha value is -3.15. The fraction of sp³-hybridized carbons (Fsp3) is 0.286. The highest BCUT2D eigenvalue weighted by Gasteiger charge is 2.11. The maximum atomic E-state index is 12.5. The minimum atomic E-state index is -0.331. The second-order valence-electron chi connectivity index (χ2n) is 6.38. The Morgan fingerprint density at radius 3 is 2.67 bits per heavy atom. The fourth-order valence-corrected chi connectivity index (χ4v) is 2.57. The van der Waals surface area contributed by atoms with E-state index >= 15 is 0 Å². The first kappa shape index (κ1) is 20.2. The van der Waals surface area contributed by atoms with Gasteiger partial charge in [-0.05, 0) is 49.6 Å². The third-order valence-corrected chi connectivity index (χ3v) is 3.95. The summed E-state index contributed by atoms with van der Waals surface area (Å²) in [6.45, 7) is 7.34. The number of carbonyl (C=O) groups excluding carboxylic acids is 1. The summed E-state index contributed by atoms with van der Waals surface area (Å²) in [4.78, 5) is 27.9. The van der Waals surface area contributed by atoms with Crippen LogP contribution in [0.15, 0.2) is 53.1 Å². The quantitative estimate of drug-likeness (QED) is 0.622. The number of ether oxygens (including phenoxy) is 1. The number of rotatable bonds is 6. The number of anilines is 2. The number of pyridine rings is 2. The lowest BCUT2D eigenvalue weighted by molar-refractivity contribution is -0.139. The highest BCUT2D eigenvalue weighted by Crippen LogP contribution is 2.23. The van der Waals surface area contributed by atoms with E-state index in [0.717, 1.165) is 22.3 Å². The van der Waals surface area contributed by atoms with E-state index in [2.05, 4.69) is 10.3 Å². The minimum Gasteiger partial charge on any atom is -0.461 e. The van der Waals surface area contributed by atoms with Crippen molar-refractivity contribution in [3.8, 4) is 0 Å². The predicted molar refractivity (Wildman–Crippen MR) is 108 cm³/mol. The Morgan fingerprint density at radius 1 is 1.33 bits per heavy atom. The molecule has 0 aromatic carbocycles. The molecule has 2 aromatic heterocycles. The highest BCUT2D eigenvalue weighted by atomic mass is 16.5. The van der Waals surface area contributed by atoms with Gasteiger partial charge in [0, 0.05) is 31.9 Å². The zero-order valence-corrected chi connectivity index (χ0v) is 16.4. The number of hydrogen-bond donors (Lipinski definition) is 1. The molecule has 0 aliphatic heterocycles. The number of esters is 1. The van der Waals surface area contributed by atoms with Gasteiger partial charge in [-0.25, -0.2) is 4.98 Å². The van der Waals surface area contributed by atoms with Crippen LogP contribution in [0, 0.1) is 6.92 Å². The molecule has 0 amide bonds. The van der Waals surface area contributed by atoms with Crippen LogP contribution in [0.5, 0.6) is 0 Å². The Bertz CT molecular complexity index is 938. The summed E-state index contributed by atoms with van der Waals surface area (Å²) in [5.74, 6) is 0.269. The molecule has 2 rings (SSSR count). The molecule has 0 unspecified atom stereocenters. The van der Waals surface area contributed by atoms with Gasteiger partial charge in [-0.3, -0.25) is 9.59 Å². The van der Waals surface area contributed by atoms with E-state index in [0.29, 0.717) is 11.5 Å². The first-order chi connectivity index (χ1) is 12.8. The minimum absolute atomic E-state index is 0.154. The summed E-state index contributed by atoms with van der Waals surface area (Å²) >= 11 is 0. The van der Waals surface area contributed by atoms with Gasteiger partial charge < -0.3 is 14.6 Å². The molecular formula is C21H25N3O3. The van der Waals surface area contributed by atoms with E-state index in [9.17, 15) is 9.59 Å². The molecule has 0 fully saturated rings. The van der Waals surface area contributed by atoms with E-state index in [1.165, 1.54) is 11.5 Å². The van der Waals surface area contributed by atoms with Crippen molar-refractivity contribution in [1.82, 2.24) is 9.55 Å². The number of aromatic nitrogens is 2. The third-order valence-electron chi connectivity index (χ3n) is 3.95. The van der Waals surface area contributed by atoms with Crippen molar-refractivity contribution in [2.24, 2.45) is 7.05 Å². The van der Waals surface area contributed by atoms with Crippen LogP contribution in [0.2, 0.25) is 0 Å². The SMILES string of the molecule is CC=CC(=C(C)COC(C)=O)c1cc(Nc2ccc(C)cn2)c(=O)n(C)c1. The molecule has 2 aromatic rings. The average Bonchev–Trinajstić information content (AvgIpc) is 2.63. The maximum absolute atomic E-state index is 12.5. The number of aryl methyl sites for hydroxylation is 2. The summed E-state index contributed by atoms with van der Waals surface area (Å²) in [6.07, 6.45) is 7.35. The molecule has 1 N–H and O–H groups in total. The van der Waals surface area contributed by atoms with E-state index in [-0.39, 0.29) is 18.1 Å². The molecular weight excluding hydrogens is 342 g/mol. The maximum Gasteiger partial charge on any atom is 0.302 e. The topological polar surface area (TPSA) is 73.2 Å². The Balaban J connectivity index is 2.47. The van der Waals surface area contributed by atoms with E-state index in [1.807, 2.05) is 45.1 Å². The Labute approximate surface area is 159 Å². The summed E-state index contributed by atoms with van der Waals surface area (Å²) in [5.41, 5.74) is 3.94. The van der Waals surface area contributed by atoms with E-state index in [1.54, 1.807) is 25.5 Å². The standard InChI is InChI=1S/C21H25N3O3/c1-6-7-18(15(3)13-27-16(4)25)17-10-19(21(26)24(5)12-17)23-20-9-8-14(2)11-22-20/h6-12H,13H2,1-5H3,(H,22,23). The lowest BCUT2D eigenvalue weighted by atomic mass is 10.0. The van der Waals surface area contributed by atoms with Crippen molar-refractivity contribution < 1.29 is 9.53 Å². The molecule has 0 saturated carbocycles. The van der Waals surface area contributed by atoms with Crippen LogP contribution in [-0.4, -0.2) is 22.1 Å². The lowest BCUT2D eigenvalue weighted by Crippen LogP contribution is -2.20. The van der Waals surface area contributed by atoms with Gasteiger partial charge in [-0.2, -0.15) is 0 Å². The van der Waals surface area contributed by atoms with Crippen molar-refractivity contribution >= 4 is 23.0 Å². The fourth-order valence-electron chi connectivity index (χ4n) is 2.57. The molecule has 0 atom stereocenters. The van der Waals surface area contributed by atoms with Crippen LogP contribution in [0.25, 0.3) is 5.57 Å². The van der Waals surface area contributed by atoms with Gasteiger partial charge in [0.25, 0.3) is 5.56 Å². The van der Waals surface area contributed by atoms with Crippen molar-refractivity contribution in [2.75, 3.05) is 11.9 Å². The van der Waals surface area contributed by atoms with E-state index < -0.39 is 0 Å². The van der Waals surface area contributed by atoms with Gasteiger partial charge in [0.15, 0.2) is 0 Å². The van der Waals surface area contributed by atoms with Gasteiger partial charge in [0.1, 0.15) is 18.1 Å². The molecule has 0 spiro atoms. The van der Waals surface area contributed by atoms with Gasteiger partial charge in [-0.15, -0.1) is 0 Å². The largest absolute Gasteiger partial charge is 0.461 e. The van der Waals surface area contributed by atoms with Crippen LogP contribution in [0.3, 0.4) is 0 Å². The summed E-state index contributed by atoms with van der Waals surface area (Å²) in [6, 6.07) is 5.55. The molecule has 0 saturated heterocycles. The summed E-state index contributed by atoms with van der Waals surface area (Å²) in [7, 11) is 1.70. The third kappa shape index (κ3) is 5.41. The second-order valence-corrected chi connectivity index (χ2v) is 6.38. The lowest BCUT2D eigenvalue weighted by Gasteiger charge is -2.13. The molecule has 0 radical (unpaired) electrons. The zero-order valence-electron chi connectivity index (χ0n) is 16.4. The van der Waals surface area contributed by atoms with Crippen molar-refractivity contribution in [2.45, 2.75) is 27.7 Å². The van der Waals surface area contributed by atoms with Crippen molar-refractivity contribution in [1.29, 1.82) is 0 Å². The predicted octanol–water partition coefficient (Wildman–Crippen LogP) is 3.75. The number of nitrogens with zero attached hydrogens (tertiary/aromatic N) is 2. The molecule has 6 nitrogen and oxygen atoms in total. The zero-order chi connectivity index (χ0) is 20.0. The molecule has 0 aliphatic rings. The average molecular weight is 367 g/mol. The smallest absolute Gasteiger partial charge is 0.302 e. The molecule has 6 heteroatoms. The number of carbonyl (C=O) groups is 1. The van der Waals surface area contributed by atoms with Crippen LogP contribution in [-0.2, 0) is 16.6 Å².